The third-order valence-electron chi connectivity index (χ3n) is 2.93. The molecule has 1 saturated heterocycles. The number of hydrogen-bond donors (Lipinski definition) is 0. The highest BCUT2D eigenvalue weighted by Gasteiger charge is 2.63. The van der Waals surface area contributed by atoms with Crippen molar-refractivity contribution in [3.05, 3.63) is 12.3 Å². The molecule has 0 unspecified atom stereocenters. The van der Waals surface area contributed by atoms with Crippen LogP contribution < -0.4 is 4.90 Å². The van der Waals surface area contributed by atoms with Crippen LogP contribution in [0.1, 0.15) is 0 Å². The van der Waals surface area contributed by atoms with Crippen LogP contribution in [0, 0.1) is 0 Å². The van der Waals surface area contributed by atoms with Crippen molar-refractivity contribution < 1.29 is 17.9 Å². The minimum atomic E-state index is -4.37. The lowest BCUT2D eigenvalue weighted by atomic mass is 9.93. The van der Waals surface area contributed by atoms with E-state index in [9.17, 15) is 13.2 Å². The van der Waals surface area contributed by atoms with E-state index in [1.165, 1.54) is 22.9 Å². The molecule has 2 heterocycles. The normalized spacial score (nSPS) is 18.6. The van der Waals surface area contributed by atoms with Gasteiger partial charge in [-0.05, 0) is 12.3 Å². The van der Waals surface area contributed by atoms with Gasteiger partial charge in [-0.2, -0.15) is 13.2 Å². The Kier molecular flexibility index (Phi) is 3.41. The second-order valence-corrected chi connectivity index (χ2v) is 4.73. The third kappa shape index (κ3) is 2.14. The van der Waals surface area contributed by atoms with Crippen molar-refractivity contribution in [2.24, 2.45) is 0 Å². The molecule has 4 nitrogen and oxygen atoms in total. The number of methoxy groups -OCH3 is 1. The Morgan fingerprint density at radius 1 is 1.44 bits per heavy atom. The van der Waals surface area contributed by atoms with Crippen molar-refractivity contribution in [2.75, 3.05) is 31.4 Å². The molecule has 0 saturated carbocycles. The molecule has 1 aromatic rings. The summed E-state index contributed by atoms with van der Waals surface area (Å²) in [5.41, 5.74) is -2.07. The highest BCUT2D eigenvalue weighted by Crippen LogP contribution is 2.41. The summed E-state index contributed by atoms with van der Waals surface area (Å²) in [5.74, 6) is 0.492. The minimum absolute atomic E-state index is 0.238. The topological polar surface area (TPSA) is 38.2 Å². The Morgan fingerprint density at radius 2 is 2.11 bits per heavy atom. The number of thioether (sulfide) groups is 1. The van der Waals surface area contributed by atoms with Crippen LogP contribution in [0.5, 0.6) is 0 Å². The molecular weight excluding hydrogens is 267 g/mol. The smallest absolute Gasteiger partial charge is 0.365 e. The van der Waals surface area contributed by atoms with E-state index < -0.39 is 11.8 Å². The fourth-order valence-electron chi connectivity index (χ4n) is 1.76. The first kappa shape index (κ1) is 13.4. The van der Waals surface area contributed by atoms with Crippen LogP contribution in [0.15, 0.2) is 17.4 Å². The van der Waals surface area contributed by atoms with Gasteiger partial charge in [-0.1, -0.05) is 11.8 Å². The summed E-state index contributed by atoms with van der Waals surface area (Å²) < 4.78 is 43.0. The van der Waals surface area contributed by atoms with Gasteiger partial charge in [0, 0.05) is 13.3 Å². The maximum atomic E-state index is 12.8. The van der Waals surface area contributed by atoms with Gasteiger partial charge in [0.25, 0.3) is 0 Å². The van der Waals surface area contributed by atoms with Crippen LogP contribution in [0.3, 0.4) is 0 Å². The number of alkyl halides is 3. The fraction of sp³-hybridized carbons (Fsp3) is 0.600. The van der Waals surface area contributed by atoms with Crippen molar-refractivity contribution >= 4 is 17.6 Å². The summed E-state index contributed by atoms with van der Waals surface area (Å²) in [6.45, 7) is -0.477. The summed E-state index contributed by atoms with van der Waals surface area (Å²) in [5, 5.41) is 0.537. The van der Waals surface area contributed by atoms with Gasteiger partial charge in [-0.25, -0.2) is 9.97 Å². The molecule has 0 radical (unpaired) electrons. The molecule has 0 spiro atoms. The number of ether oxygens (including phenoxy) is 1. The Morgan fingerprint density at radius 3 is 2.61 bits per heavy atom. The van der Waals surface area contributed by atoms with Gasteiger partial charge < -0.3 is 9.64 Å². The molecule has 1 aliphatic rings. The van der Waals surface area contributed by atoms with E-state index in [1.54, 1.807) is 6.07 Å². The third-order valence-corrected chi connectivity index (χ3v) is 3.49. The Hall–Kier alpha value is -1.02. The molecule has 0 aliphatic carbocycles. The first-order valence-corrected chi connectivity index (χ1v) is 6.38. The number of halogens is 3. The van der Waals surface area contributed by atoms with Crippen LogP contribution in [-0.2, 0) is 4.74 Å². The molecule has 2 rings (SSSR count). The number of nitrogens with zero attached hydrogens (tertiary/aromatic N) is 3. The van der Waals surface area contributed by atoms with Gasteiger partial charge >= 0.3 is 6.18 Å². The molecule has 8 heteroatoms. The summed E-state index contributed by atoms with van der Waals surface area (Å²) >= 11 is 1.34. The lowest BCUT2D eigenvalue weighted by Crippen LogP contribution is -2.70. The Labute approximate surface area is 107 Å². The van der Waals surface area contributed by atoms with Gasteiger partial charge in [0.1, 0.15) is 5.82 Å². The second-order valence-electron chi connectivity index (χ2n) is 3.95. The Balaban J connectivity index is 2.12. The van der Waals surface area contributed by atoms with E-state index in [1.807, 2.05) is 6.26 Å². The van der Waals surface area contributed by atoms with E-state index in [4.69, 9.17) is 0 Å². The number of rotatable bonds is 3. The van der Waals surface area contributed by atoms with Gasteiger partial charge in [-0.3, -0.25) is 0 Å². The molecule has 1 fully saturated rings. The average molecular weight is 279 g/mol. The van der Waals surface area contributed by atoms with Crippen LogP contribution in [0.4, 0.5) is 19.0 Å². The number of hydrogen-bond acceptors (Lipinski definition) is 5. The Bertz CT molecular complexity index is 435. The fourth-order valence-corrected chi connectivity index (χ4v) is 2.11. The molecular formula is C10H12F3N3OS. The van der Waals surface area contributed by atoms with Crippen molar-refractivity contribution in [3.8, 4) is 0 Å². The summed E-state index contributed by atoms with van der Waals surface area (Å²) in [6, 6.07) is 1.59. The molecule has 100 valence electrons. The first-order valence-electron chi connectivity index (χ1n) is 5.16. The zero-order valence-electron chi connectivity index (χ0n) is 9.86. The summed E-state index contributed by atoms with van der Waals surface area (Å²) in [4.78, 5) is 9.65. The first-order chi connectivity index (χ1) is 8.42. The van der Waals surface area contributed by atoms with E-state index in [0.29, 0.717) is 11.0 Å². The SMILES string of the molecule is COC1(C(F)(F)F)CN(c2ccnc(SC)n2)C1. The van der Waals surface area contributed by atoms with Crippen LogP contribution >= 0.6 is 11.8 Å². The lowest BCUT2D eigenvalue weighted by molar-refractivity contribution is -0.277. The highest BCUT2D eigenvalue weighted by atomic mass is 32.2. The van der Waals surface area contributed by atoms with Gasteiger partial charge in [-0.15, -0.1) is 0 Å². The number of anilines is 1. The molecule has 0 amide bonds. The predicted octanol–water partition coefficient (Wildman–Crippen LogP) is 1.97. The van der Waals surface area contributed by atoms with Crippen LogP contribution in [0.2, 0.25) is 0 Å². The highest BCUT2D eigenvalue weighted by molar-refractivity contribution is 7.98. The van der Waals surface area contributed by atoms with Crippen LogP contribution in [-0.4, -0.2) is 48.2 Å². The molecule has 1 aliphatic heterocycles. The van der Waals surface area contributed by atoms with Crippen molar-refractivity contribution in [1.29, 1.82) is 0 Å². The molecule has 0 atom stereocenters. The van der Waals surface area contributed by atoms with Crippen molar-refractivity contribution in [1.82, 2.24) is 9.97 Å². The monoisotopic (exact) mass is 279 g/mol. The summed E-state index contributed by atoms with van der Waals surface area (Å²) in [6.07, 6.45) is -1.02. The molecule has 1 aromatic heterocycles. The van der Waals surface area contributed by atoms with Gasteiger partial charge in [0.05, 0.1) is 13.1 Å². The molecule has 18 heavy (non-hydrogen) atoms. The largest absolute Gasteiger partial charge is 0.420 e. The molecule has 0 bridgehead atoms. The predicted molar refractivity (Wildman–Crippen MR) is 61.8 cm³/mol. The molecule has 0 aromatic carbocycles. The van der Waals surface area contributed by atoms with E-state index in [0.717, 1.165) is 7.11 Å². The average Bonchev–Trinajstić information content (AvgIpc) is 2.27. The van der Waals surface area contributed by atoms with E-state index in [-0.39, 0.29) is 13.1 Å². The second kappa shape index (κ2) is 4.58. The zero-order chi connectivity index (χ0) is 13.4. The lowest BCUT2D eigenvalue weighted by Gasteiger charge is -2.49. The zero-order valence-corrected chi connectivity index (χ0v) is 10.7. The minimum Gasteiger partial charge on any atom is -0.365 e. The van der Waals surface area contributed by atoms with E-state index in [2.05, 4.69) is 14.7 Å². The quantitative estimate of drug-likeness (QED) is 0.624. The van der Waals surface area contributed by atoms with Crippen molar-refractivity contribution in [2.45, 2.75) is 16.9 Å². The maximum absolute atomic E-state index is 12.8. The maximum Gasteiger partial charge on any atom is 0.420 e. The van der Waals surface area contributed by atoms with Gasteiger partial charge in [0.15, 0.2) is 10.8 Å². The van der Waals surface area contributed by atoms with Crippen LogP contribution in [0.25, 0.3) is 0 Å². The molecule has 0 N–H and O–H groups in total. The standard InChI is InChI=1S/C10H12F3N3OS/c1-17-9(10(11,12)13)5-16(6-9)7-3-4-14-8(15-7)18-2/h3-4H,5-6H2,1-2H3. The van der Waals surface area contributed by atoms with E-state index >= 15 is 0 Å². The van der Waals surface area contributed by atoms with Gasteiger partial charge in [0.2, 0.25) is 0 Å². The number of aromatic nitrogens is 2. The van der Waals surface area contributed by atoms with Crippen molar-refractivity contribution in [3.63, 3.8) is 0 Å². The summed E-state index contributed by atoms with van der Waals surface area (Å²) in [7, 11) is 1.08.